The molecule has 1 saturated heterocycles. The zero-order chi connectivity index (χ0) is 18.9. The van der Waals surface area contributed by atoms with Gasteiger partial charge in [0.2, 0.25) is 0 Å². The van der Waals surface area contributed by atoms with Crippen LogP contribution in [0.2, 0.25) is 0 Å². The van der Waals surface area contributed by atoms with E-state index in [1.54, 1.807) is 12.1 Å². The fraction of sp³-hybridized carbons (Fsp3) is 0.611. The first-order valence-electron chi connectivity index (χ1n) is 8.85. The first kappa shape index (κ1) is 20.4. The third-order valence-corrected chi connectivity index (χ3v) is 4.03. The van der Waals surface area contributed by atoms with Crippen molar-refractivity contribution in [3.63, 3.8) is 0 Å². The molecule has 26 heavy (non-hydrogen) atoms. The highest BCUT2D eigenvalue weighted by Crippen LogP contribution is 2.14. The predicted octanol–water partition coefficient (Wildman–Crippen LogP) is 2.59. The summed E-state index contributed by atoms with van der Waals surface area (Å²) in [5.41, 5.74) is 0.804. The minimum absolute atomic E-state index is 0.0972. The number of hydrogen-bond acceptors (Lipinski definition) is 4. The maximum absolute atomic E-state index is 12.1. The van der Waals surface area contributed by atoms with Crippen molar-refractivity contribution in [3.05, 3.63) is 29.8 Å². The average Bonchev–Trinajstić information content (AvgIpc) is 2.57. The summed E-state index contributed by atoms with van der Waals surface area (Å²) < 4.78 is 34.1. The summed E-state index contributed by atoms with van der Waals surface area (Å²) in [7, 11) is 0. The van der Waals surface area contributed by atoms with Gasteiger partial charge in [-0.2, -0.15) is 8.78 Å². The lowest BCUT2D eigenvalue weighted by atomic mass is 10.2. The Morgan fingerprint density at radius 2 is 1.88 bits per heavy atom. The van der Waals surface area contributed by atoms with Crippen molar-refractivity contribution in [1.29, 1.82) is 0 Å². The molecule has 1 aromatic rings. The molecule has 1 aliphatic rings. The third-order valence-electron chi connectivity index (χ3n) is 4.03. The molecule has 1 heterocycles. The molecular formula is C18H27F2N3O3. The molecule has 2 amide bonds. The highest BCUT2D eigenvalue weighted by molar-refractivity contribution is 5.73. The van der Waals surface area contributed by atoms with Crippen LogP contribution in [0.5, 0.6) is 5.75 Å². The van der Waals surface area contributed by atoms with Gasteiger partial charge in [0, 0.05) is 32.7 Å². The molecule has 2 rings (SSSR count). The number of benzene rings is 1. The van der Waals surface area contributed by atoms with Crippen LogP contribution >= 0.6 is 0 Å². The Balaban J connectivity index is 1.59. The summed E-state index contributed by atoms with van der Waals surface area (Å²) in [6.07, 6.45) is 1.35. The van der Waals surface area contributed by atoms with E-state index in [0.29, 0.717) is 13.1 Å². The van der Waals surface area contributed by atoms with Crippen LogP contribution in [0.15, 0.2) is 24.3 Å². The monoisotopic (exact) mass is 371 g/mol. The van der Waals surface area contributed by atoms with Gasteiger partial charge in [-0.05, 0) is 38.0 Å². The van der Waals surface area contributed by atoms with E-state index < -0.39 is 6.61 Å². The summed E-state index contributed by atoms with van der Waals surface area (Å²) in [4.78, 5) is 14.2. The number of nitrogens with zero attached hydrogens (tertiary/aromatic N) is 1. The van der Waals surface area contributed by atoms with E-state index in [2.05, 4.69) is 34.1 Å². The maximum Gasteiger partial charge on any atom is 0.387 e. The number of rotatable bonds is 8. The third kappa shape index (κ3) is 7.53. The highest BCUT2D eigenvalue weighted by Gasteiger charge is 2.21. The lowest BCUT2D eigenvalue weighted by Crippen LogP contribution is -2.46. The van der Waals surface area contributed by atoms with Gasteiger partial charge in [0.1, 0.15) is 5.75 Å². The second-order valence-electron chi connectivity index (χ2n) is 6.50. The van der Waals surface area contributed by atoms with Crippen molar-refractivity contribution in [3.8, 4) is 5.75 Å². The Morgan fingerprint density at radius 1 is 1.23 bits per heavy atom. The number of amides is 2. The summed E-state index contributed by atoms with van der Waals surface area (Å²) in [5, 5.41) is 5.56. The van der Waals surface area contributed by atoms with E-state index in [4.69, 9.17) is 4.74 Å². The molecule has 2 unspecified atom stereocenters. The van der Waals surface area contributed by atoms with Crippen LogP contribution in [0.4, 0.5) is 13.6 Å². The Kier molecular flexibility index (Phi) is 8.06. The number of halogens is 2. The minimum atomic E-state index is -2.84. The van der Waals surface area contributed by atoms with E-state index in [-0.39, 0.29) is 24.0 Å². The number of hydrogen-bond donors (Lipinski definition) is 2. The molecule has 0 aromatic heterocycles. The lowest BCUT2D eigenvalue weighted by Gasteiger charge is -2.35. The lowest BCUT2D eigenvalue weighted by molar-refractivity contribution is -0.0679. The number of ether oxygens (including phenoxy) is 2. The van der Waals surface area contributed by atoms with Crippen molar-refractivity contribution in [2.75, 3.05) is 26.2 Å². The zero-order valence-corrected chi connectivity index (χ0v) is 15.2. The smallest absolute Gasteiger partial charge is 0.387 e. The van der Waals surface area contributed by atoms with Crippen molar-refractivity contribution in [1.82, 2.24) is 15.5 Å². The van der Waals surface area contributed by atoms with E-state index in [9.17, 15) is 13.6 Å². The van der Waals surface area contributed by atoms with Crippen LogP contribution in [0.1, 0.15) is 25.8 Å². The molecule has 0 saturated carbocycles. The molecule has 0 radical (unpaired) electrons. The fourth-order valence-electron chi connectivity index (χ4n) is 3.01. The molecule has 146 valence electrons. The Hall–Kier alpha value is -1.93. The van der Waals surface area contributed by atoms with Crippen molar-refractivity contribution in [2.45, 2.75) is 45.6 Å². The summed E-state index contributed by atoms with van der Waals surface area (Å²) in [6, 6.07) is 5.93. The van der Waals surface area contributed by atoms with E-state index in [1.807, 2.05) is 0 Å². The van der Waals surface area contributed by atoms with Gasteiger partial charge in [0.05, 0.1) is 12.2 Å². The average molecular weight is 371 g/mol. The number of morpholine rings is 1. The normalized spacial score (nSPS) is 20.8. The van der Waals surface area contributed by atoms with Crippen molar-refractivity contribution in [2.24, 2.45) is 0 Å². The van der Waals surface area contributed by atoms with Crippen LogP contribution in [0, 0.1) is 0 Å². The number of urea groups is 1. The van der Waals surface area contributed by atoms with Crippen molar-refractivity contribution < 1.29 is 23.0 Å². The van der Waals surface area contributed by atoms with Crippen LogP contribution in [-0.2, 0) is 11.3 Å². The van der Waals surface area contributed by atoms with E-state index >= 15 is 0 Å². The highest BCUT2D eigenvalue weighted by atomic mass is 19.3. The topological polar surface area (TPSA) is 62.8 Å². The van der Waals surface area contributed by atoms with Gasteiger partial charge in [-0.25, -0.2) is 4.79 Å². The summed E-state index contributed by atoms with van der Waals surface area (Å²) in [5.74, 6) is 0.0972. The molecule has 1 aromatic carbocycles. The van der Waals surface area contributed by atoms with Crippen LogP contribution in [0.25, 0.3) is 0 Å². The van der Waals surface area contributed by atoms with E-state index in [1.165, 1.54) is 12.1 Å². The predicted molar refractivity (Wildman–Crippen MR) is 94.4 cm³/mol. The molecule has 6 nitrogen and oxygen atoms in total. The summed E-state index contributed by atoms with van der Waals surface area (Å²) in [6.45, 7) is 4.97. The second-order valence-corrected chi connectivity index (χ2v) is 6.50. The molecule has 0 bridgehead atoms. The number of alkyl halides is 2. The number of carbonyl (C=O) groups excluding carboxylic acids is 1. The Labute approximate surface area is 152 Å². The maximum atomic E-state index is 12.1. The molecule has 2 N–H and O–H groups in total. The second kappa shape index (κ2) is 10.3. The van der Waals surface area contributed by atoms with Gasteiger partial charge >= 0.3 is 12.6 Å². The molecule has 2 atom stereocenters. The number of nitrogens with one attached hydrogen (secondary N) is 2. The molecule has 1 fully saturated rings. The van der Waals surface area contributed by atoms with Crippen LogP contribution in [0.3, 0.4) is 0 Å². The number of carbonyl (C=O) groups is 1. The molecule has 0 aliphatic carbocycles. The molecule has 8 heteroatoms. The van der Waals surface area contributed by atoms with Crippen LogP contribution < -0.4 is 15.4 Å². The minimum Gasteiger partial charge on any atom is -0.435 e. The Bertz CT molecular complexity index is 547. The van der Waals surface area contributed by atoms with Gasteiger partial charge in [0.15, 0.2) is 0 Å². The Morgan fingerprint density at radius 3 is 2.50 bits per heavy atom. The standard InChI is InChI=1S/C18H27F2N3O3/c1-13-11-23(12-14(2)25-13)9-3-8-21-18(24)22-10-15-4-6-16(7-5-15)26-17(19)20/h4-7,13-14,17H,3,8-12H2,1-2H3,(H2,21,22,24). The zero-order valence-electron chi connectivity index (χ0n) is 15.2. The van der Waals surface area contributed by atoms with Crippen LogP contribution in [-0.4, -0.2) is 55.9 Å². The quantitative estimate of drug-likeness (QED) is 0.690. The largest absolute Gasteiger partial charge is 0.435 e. The molecule has 0 spiro atoms. The van der Waals surface area contributed by atoms with Gasteiger partial charge in [-0.1, -0.05) is 12.1 Å². The van der Waals surface area contributed by atoms with Gasteiger partial charge in [0.25, 0.3) is 0 Å². The fourth-order valence-corrected chi connectivity index (χ4v) is 3.01. The molecular weight excluding hydrogens is 344 g/mol. The van der Waals surface area contributed by atoms with Gasteiger partial charge in [-0.15, -0.1) is 0 Å². The SMILES string of the molecule is CC1CN(CCCNC(=O)NCc2ccc(OC(F)F)cc2)CC(C)O1. The summed E-state index contributed by atoms with van der Waals surface area (Å²) >= 11 is 0. The van der Waals surface area contributed by atoms with Crippen molar-refractivity contribution >= 4 is 6.03 Å². The molecule has 1 aliphatic heterocycles. The van der Waals surface area contributed by atoms with Gasteiger partial charge < -0.3 is 20.1 Å². The first-order valence-corrected chi connectivity index (χ1v) is 8.85. The first-order chi connectivity index (χ1) is 12.4. The van der Waals surface area contributed by atoms with Gasteiger partial charge in [-0.3, -0.25) is 4.90 Å². The van der Waals surface area contributed by atoms with E-state index in [0.717, 1.165) is 31.6 Å².